The second-order valence-electron chi connectivity index (χ2n) is 6.32. The van der Waals surface area contributed by atoms with E-state index >= 15 is 0 Å². The number of carboxylic acids is 1. The molecule has 0 radical (unpaired) electrons. The van der Waals surface area contributed by atoms with Gasteiger partial charge in [-0.25, -0.2) is 0 Å². The number of carbonyl (C=O) groups excluding carboxylic acids is 1. The lowest BCUT2D eigenvalue weighted by molar-refractivity contribution is -0.137. The summed E-state index contributed by atoms with van der Waals surface area (Å²) >= 11 is 0. The molecule has 1 aliphatic rings. The van der Waals surface area contributed by atoms with E-state index in [0.717, 1.165) is 32.6 Å². The van der Waals surface area contributed by atoms with Crippen LogP contribution in [-0.4, -0.2) is 66.6 Å². The first-order chi connectivity index (χ1) is 9.23. The number of primary amides is 1. The van der Waals surface area contributed by atoms with Gasteiger partial charge in [0.25, 0.3) is 0 Å². The normalized spacial score (nSPS) is 20.5. The molecular formula is C14H27N3O3. The summed E-state index contributed by atoms with van der Waals surface area (Å²) in [5.74, 6) is -0.687. The van der Waals surface area contributed by atoms with Crippen LogP contribution in [0.4, 0.5) is 0 Å². The first kappa shape index (κ1) is 16.9. The monoisotopic (exact) mass is 285 g/mol. The third kappa shape index (κ3) is 4.76. The molecule has 0 saturated carbocycles. The van der Waals surface area contributed by atoms with Gasteiger partial charge in [0.15, 0.2) is 0 Å². The van der Waals surface area contributed by atoms with Gasteiger partial charge >= 0.3 is 5.97 Å². The molecule has 6 heteroatoms. The number of carboxylic acid groups (broad SMARTS) is 1. The molecule has 3 N–H and O–H groups in total. The van der Waals surface area contributed by atoms with Gasteiger partial charge < -0.3 is 20.6 Å². The van der Waals surface area contributed by atoms with Gasteiger partial charge in [-0.2, -0.15) is 0 Å². The maximum atomic E-state index is 11.5. The average Bonchev–Trinajstić information content (AvgIpc) is 2.83. The van der Waals surface area contributed by atoms with Crippen LogP contribution >= 0.6 is 0 Å². The zero-order valence-corrected chi connectivity index (χ0v) is 12.8. The molecule has 0 unspecified atom stereocenters. The van der Waals surface area contributed by atoms with Crippen molar-refractivity contribution in [3.8, 4) is 0 Å². The Morgan fingerprint density at radius 3 is 2.60 bits per heavy atom. The van der Waals surface area contributed by atoms with E-state index in [1.807, 2.05) is 25.8 Å². The Morgan fingerprint density at radius 1 is 1.40 bits per heavy atom. The topological polar surface area (TPSA) is 86.9 Å². The highest BCUT2D eigenvalue weighted by Crippen LogP contribution is 2.33. The zero-order chi connectivity index (χ0) is 15.3. The van der Waals surface area contributed by atoms with Crippen molar-refractivity contribution in [3.05, 3.63) is 0 Å². The van der Waals surface area contributed by atoms with E-state index in [1.165, 1.54) is 0 Å². The van der Waals surface area contributed by atoms with Crippen molar-refractivity contribution >= 4 is 11.9 Å². The Bertz CT molecular complexity index is 358. The quantitative estimate of drug-likeness (QED) is 0.666. The minimum atomic E-state index is -0.763. The molecular weight excluding hydrogens is 258 g/mol. The van der Waals surface area contributed by atoms with Crippen LogP contribution in [0.15, 0.2) is 0 Å². The summed E-state index contributed by atoms with van der Waals surface area (Å²) in [6.07, 6.45) is 1.17. The first-order valence-corrected chi connectivity index (χ1v) is 7.16. The number of hydrogen-bond acceptors (Lipinski definition) is 4. The van der Waals surface area contributed by atoms with Crippen molar-refractivity contribution in [1.82, 2.24) is 9.80 Å². The summed E-state index contributed by atoms with van der Waals surface area (Å²) in [5, 5.41) is 8.64. The van der Waals surface area contributed by atoms with E-state index in [4.69, 9.17) is 10.8 Å². The number of likely N-dealkylation sites (N-methyl/N-ethyl adjacent to an activating group) is 1. The second-order valence-corrected chi connectivity index (χ2v) is 6.32. The SMILES string of the molecule is CN(CCC(=O)O)CCN1CC[C@@H](C(C)(C)C(N)=O)C1. The van der Waals surface area contributed by atoms with Crippen molar-refractivity contribution in [1.29, 1.82) is 0 Å². The van der Waals surface area contributed by atoms with E-state index in [2.05, 4.69) is 4.90 Å². The van der Waals surface area contributed by atoms with Crippen molar-refractivity contribution in [2.45, 2.75) is 26.7 Å². The molecule has 1 amide bonds. The molecule has 0 spiro atoms. The smallest absolute Gasteiger partial charge is 0.304 e. The van der Waals surface area contributed by atoms with Gasteiger partial charge in [-0.15, -0.1) is 0 Å². The van der Waals surface area contributed by atoms with Gasteiger partial charge in [0.1, 0.15) is 0 Å². The maximum absolute atomic E-state index is 11.5. The molecule has 0 aromatic heterocycles. The van der Waals surface area contributed by atoms with Gasteiger partial charge in [0, 0.05) is 31.6 Å². The van der Waals surface area contributed by atoms with Gasteiger partial charge in [-0.05, 0) is 25.9 Å². The van der Waals surface area contributed by atoms with E-state index < -0.39 is 11.4 Å². The summed E-state index contributed by atoms with van der Waals surface area (Å²) in [6.45, 7) is 8.03. The number of rotatable bonds is 8. The fraction of sp³-hybridized carbons (Fsp3) is 0.857. The summed E-state index contributed by atoms with van der Waals surface area (Å²) in [4.78, 5) is 26.3. The van der Waals surface area contributed by atoms with E-state index in [-0.39, 0.29) is 12.3 Å². The van der Waals surface area contributed by atoms with E-state index in [0.29, 0.717) is 12.5 Å². The van der Waals surface area contributed by atoms with Crippen LogP contribution in [0.25, 0.3) is 0 Å². The van der Waals surface area contributed by atoms with Crippen LogP contribution in [0.3, 0.4) is 0 Å². The lowest BCUT2D eigenvalue weighted by atomic mass is 9.78. The Labute approximate surface area is 120 Å². The van der Waals surface area contributed by atoms with Crippen LogP contribution < -0.4 is 5.73 Å². The third-order valence-electron chi connectivity index (χ3n) is 4.43. The highest BCUT2D eigenvalue weighted by molar-refractivity contribution is 5.80. The van der Waals surface area contributed by atoms with Gasteiger partial charge in [-0.3, -0.25) is 9.59 Å². The number of carbonyl (C=O) groups is 2. The minimum absolute atomic E-state index is 0.174. The number of nitrogens with two attached hydrogens (primary N) is 1. The Morgan fingerprint density at radius 2 is 2.05 bits per heavy atom. The standard InChI is InChI=1S/C14H27N3O3/c1-14(2,13(15)20)11-4-7-17(10-11)9-8-16(3)6-5-12(18)19/h11H,4-10H2,1-3H3,(H2,15,20)(H,18,19)/t11-/m1/s1. The second kappa shape index (κ2) is 7.04. The molecule has 1 rings (SSSR count). The van der Waals surface area contributed by atoms with E-state index in [9.17, 15) is 9.59 Å². The van der Waals surface area contributed by atoms with Gasteiger partial charge in [0.05, 0.1) is 6.42 Å². The first-order valence-electron chi connectivity index (χ1n) is 7.16. The number of amides is 1. The van der Waals surface area contributed by atoms with Crippen molar-refractivity contribution in [3.63, 3.8) is 0 Å². The molecule has 1 aliphatic heterocycles. The highest BCUT2D eigenvalue weighted by atomic mass is 16.4. The Hall–Kier alpha value is -1.14. The lowest BCUT2D eigenvalue weighted by Crippen LogP contribution is -2.40. The van der Waals surface area contributed by atoms with Crippen LogP contribution in [0, 0.1) is 11.3 Å². The number of hydrogen-bond donors (Lipinski definition) is 2. The molecule has 6 nitrogen and oxygen atoms in total. The third-order valence-corrected chi connectivity index (χ3v) is 4.43. The zero-order valence-electron chi connectivity index (χ0n) is 12.8. The summed E-state index contributed by atoms with van der Waals surface area (Å²) in [6, 6.07) is 0. The number of likely N-dealkylation sites (tertiary alicyclic amines) is 1. The molecule has 1 saturated heterocycles. The molecule has 0 aromatic carbocycles. The predicted molar refractivity (Wildman–Crippen MR) is 77.3 cm³/mol. The molecule has 0 bridgehead atoms. The molecule has 20 heavy (non-hydrogen) atoms. The molecule has 0 aliphatic carbocycles. The van der Waals surface area contributed by atoms with Gasteiger partial charge in [0.2, 0.25) is 5.91 Å². The lowest BCUT2D eigenvalue weighted by Gasteiger charge is -2.28. The van der Waals surface area contributed by atoms with E-state index in [1.54, 1.807) is 0 Å². The maximum Gasteiger partial charge on any atom is 0.304 e. The molecule has 0 aromatic rings. The van der Waals surface area contributed by atoms with Crippen molar-refractivity contribution in [2.24, 2.45) is 17.1 Å². The number of aliphatic carboxylic acids is 1. The van der Waals surface area contributed by atoms with Crippen LogP contribution in [0.1, 0.15) is 26.7 Å². The predicted octanol–water partition coefficient (Wildman–Crippen LogP) is 0.226. The van der Waals surface area contributed by atoms with Crippen LogP contribution in [0.5, 0.6) is 0 Å². The number of nitrogens with zero attached hydrogens (tertiary/aromatic N) is 2. The fourth-order valence-electron chi connectivity index (χ4n) is 2.54. The molecule has 116 valence electrons. The summed E-state index contributed by atoms with van der Waals surface area (Å²) in [7, 11) is 1.93. The summed E-state index contributed by atoms with van der Waals surface area (Å²) in [5.41, 5.74) is 5.01. The minimum Gasteiger partial charge on any atom is -0.481 e. The summed E-state index contributed by atoms with van der Waals surface area (Å²) < 4.78 is 0. The fourth-order valence-corrected chi connectivity index (χ4v) is 2.54. The van der Waals surface area contributed by atoms with Crippen molar-refractivity contribution < 1.29 is 14.7 Å². The molecule has 1 heterocycles. The van der Waals surface area contributed by atoms with Crippen molar-refractivity contribution in [2.75, 3.05) is 39.8 Å². The van der Waals surface area contributed by atoms with Crippen LogP contribution in [-0.2, 0) is 9.59 Å². The average molecular weight is 285 g/mol. The largest absolute Gasteiger partial charge is 0.481 e. The highest BCUT2D eigenvalue weighted by Gasteiger charge is 2.39. The molecule has 1 atom stereocenters. The van der Waals surface area contributed by atoms with Gasteiger partial charge in [-0.1, -0.05) is 13.8 Å². The van der Waals surface area contributed by atoms with Crippen LogP contribution in [0.2, 0.25) is 0 Å². The molecule has 1 fully saturated rings. The Kier molecular flexibility index (Phi) is 5.95. The Balaban J connectivity index is 2.31.